The first-order valence-corrected chi connectivity index (χ1v) is 13.3. The summed E-state index contributed by atoms with van der Waals surface area (Å²) in [7, 11) is 1.48. The topological polar surface area (TPSA) is 55.8 Å². The summed E-state index contributed by atoms with van der Waals surface area (Å²) in [6.07, 6.45) is 14.8. The van der Waals surface area contributed by atoms with Crippen LogP contribution in [0.15, 0.2) is 12.8 Å². The summed E-state index contributed by atoms with van der Waals surface area (Å²) in [5.74, 6) is 3.40. The van der Waals surface area contributed by atoms with E-state index >= 15 is 0 Å². The van der Waals surface area contributed by atoms with Gasteiger partial charge in [-0.25, -0.2) is 0 Å². The molecule has 0 amide bonds. The molecule has 1 N–H and O–H groups in total. The minimum absolute atomic E-state index is 0.0910. The number of hydrogen-bond donors (Lipinski definition) is 1. The van der Waals surface area contributed by atoms with Crippen molar-refractivity contribution in [2.75, 3.05) is 7.11 Å². The Bertz CT molecular complexity index is 619. The van der Waals surface area contributed by atoms with Crippen LogP contribution in [-0.2, 0) is 14.3 Å². The number of unbranched alkanes of at least 4 members (excludes halogenated alkanes) is 1. The molecule has 3 fully saturated rings. The van der Waals surface area contributed by atoms with Gasteiger partial charge in [0.2, 0.25) is 0 Å². The molecular formula is C28H48O4. The van der Waals surface area contributed by atoms with Crippen LogP contribution in [0, 0.1) is 40.9 Å². The van der Waals surface area contributed by atoms with Crippen LogP contribution >= 0.6 is 0 Å². The molecule has 3 aliphatic carbocycles. The van der Waals surface area contributed by atoms with E-state index in [0.29, 0.717) is 47.3 Å². The Morgan fingerprint density at radius 2 is 2.03 bits per heavy atom. The molecule has 0 aromatic rings. The average molecular weight is 449 g/mol. The van der Waals surface area contributed by atoms with Gasteiger partial charge in [-0.05, 0) is 98.7 Å². The smallest absolute Gasteiger partial charge is 0.305 e. The van der Waals surface area contributed by atoms with Crippen LogP contribution in [0.5, 0.6) is 0 Å². The van der Waals surface area contributed by atoms with Gasteiger partial charge in [0.05, 0.1) is 25.6 Å². The second kappa shape index (κ2) is 11.4. The highest BCUT2D eigenvalue weighted by Gasteiger charge is 2.57. The lowest BCUT2D eigenvalue weighted by Crippen LogP contribution is -2.50. The summed E-state index contributed by atoms with van der Waals surface area (Å²) in [6, 6.07) is 0. The summed E-state index contributed by atoms with van der Waals surface area (Å²) in [5, 5.41) is 11.4. The molecule has 0 bridgehead atoms. The lowest BCUT2D eigenvalue weighted by molar-refractivity contribution is -0.141. The van der Waals surface area contributed by atoms with Crippen LogP contribution in [-0.4, -0.2) is 30.4 Å². The minimum atomic E-state index is -0.178. The summed E-state index contributed by atoms with van der Waals surface area (Å²) >= 11 is 0. The maximum atomic E-state index is 11.7. The molecular weight excluding hydrogens is 400 g/mol. The summed E-state index contributed by atoms with van der Waals surface area (Å²) in [5.41, 5.74) is 0.306. The van der Waals surface area contributed by atoms with Crippen LogP contribution in [0.1, 0.15) is 97.8 Å². The number of carbonyl (C=O) groups excluding carboxylic acids is 1. The van der Waals surface area contributed by atoms with Gasteiger partial charge in [0.25, 0.3) is 0 Å². The van der Waals surface area contributed by atoms with Crippen molar-refractivity contribution in [1.82, 2.24) is 0 Å². The molecule has 0 radical (unpaired) electrons. The number of fused-ring (bicyclic) bond motifs is 3. The van der Waals surface area contributed by atoms with Gasteiger partial charge < -0.3 is 14.6 Å². The van der Waals surface area contributed by atoms with Gasteiger partial charge in [-0.1, -0.05) is 40.2 Å². The van der Waals surface area contributed by atoms with Crippen molar-refractivity contribution in [3.8, 4) is 0 Å². The molecule has 0 spiro atoms. The first-order valence-electron chi connectivity index (χ1n) is 13.3. The van der Waals surface area contributed by atoms with E-state index in [1.165, 1.54) is 52.1 Å². The molecule has 0 saturated heterocycles. The fourth-order valence-electron chi connectivity index (χ4n) is 8.15. The largest absolute Gasteiger partial charge is 0.499 e. The molecule has 32 heavy (non-hydrogen) atoms. The van der Waals surface area contributed by atoms with Crippen molar-refractivity contribution < 1.29 is 19.4 Å². The van der Waals surface area contributed by atoms with E-state index in [1.54, 1.807) is 6.26 Å². The van der Waals surface area contributed by atoms with E-state index in [2.05, 4.69) is 27.4 Å². The number of hydrogen-bond acceptors (Lipinski definition) is 4. The van der Waals surface area contributed by atoms with Crippen LogP contribution in [0.3, 0.4) is 0 Å². The quantitative estimate of drug-likeness (QED) is 0.289. The van der Waals surface area contributed by atoms with Crippen molar-refractivity contribution in [1.29, 1.82) is 0 Å². The standard InChI is InChI=1S/C28H48O4/c1-6-8-9-22(32-7-2)17-20-16-21-14-15-28(4)23(19(3)10-13-26(30)31-5)11-12-24(28)27(21)25(29)18-20/h7,19-25,27,29H,2,6,8-18H2,1,3-5H3/t19-,20?,21+,22+,23-,24-,25+,27?,28-/m1/s1. The van der Waals surface area contributed by atoms with E-state index in [0.717, 1.165) is 25.7 Å². The minimum Gasteiger partial charge on any atom is -0.499 e. The van der Waals surface area contributed by atoms with Gasteiger partial charge >= 0.3 is 5.97 Å². The average Bonchev–Trinajstić information content (AvgIpc) is 3.12. The van der Waals surface area contributed by atoms with E-state index in [9.17, 15) is 9.90 Å². The number of rotatable bonds is 11. The second-order valence-electron chi connectivity index (χ2n) is 11.5. The Kier molecular flexibility index (Phi) is 9.12. The second-order valence-corrected chi connectivity index (χ2v) is 11.5. The number of esters is 1. The molecule has 3 aliphatic rings. The molecule has 0 aromatic carbocycles. The van der Waals surface area contributed by atoms with Gasteiger partial charge in [-0.2, -0.15) is 0 Å². The van der Waals surface area contributed by atoms with Crippen LogP contribution in [0.25, 0.3) is 0 Å². The van der Waals surface area contributed by atoms with Crippen molar-refractivity contribution in [3.05, 3.63) is 12.8 Å². The van der Waals surface area contributed by atoms with E-state index in [1.807, 2.05) is 0 Å². The Balaban J connectivity index is 1.62. The molecule has 0 heterocycles. The summed E-state index contributed by atoms with van der Waals surface area (Å²) in [6.45, 7) is 10.8. The Labute approximate surface area is 196 Å². The first-order chi connectivity index (χ1) is 15.3. The zero-order valence-electron chi connectivity index (χ0n) is 21.1. The molecule has 4 heteroatoms. The van der Waals surface area contributed by atoms with Crippen molar-refractivity contribution in [2.45, 2.75) is 110 Å². The molecule has 0 aromatic heterocycles. The lowest BCUT2D eigenvalue weighted by atomic mass is 9.52. The molecule has 184 valence electrons. The molecule has 3 saturated carbocycles. The van der Waals surface area contributed by atoms with Gasteiger partial charge in [0, 0.05) is 6.42 Å². The normalized spacial score (nSPS) is 38.3. The number of aliphatic hydroxyl groups excluding tert-OH is 1. The highest BCUT2D eigenvalue weighted by molar-refractivity contribution is 5.69. The molecule has 2 unspecified atom stereocenters. The van der Waals surface area contributed by atoms with Crippen LogP contribution < -0.4 is 0 Å². The Morgan fingerprint density at radius 1 is 1.25 bits per heavy atom. The zero-order valence-corrected chi connectivity index (χ0v) is 21.1. The monoisotopic (exact) mass is 448 g/mol. The highest BCUT2D eigenvalue weighted by Crippen LogP contribution is 2.63. The van der Waals surface area contributed by atoms with Gasteiger partial charge in [-0.3, -0.25) is 4.79 Å². The van der Waals surface area contributed by atoms with Crippen molar-refractivity contribution in [3.63, 3.8) is 0 Å². The number of methoxy groups -OCH3 is 1. The maximum Gasteiger partial charge on any atom is 0.305 e. The maximum absolute atomic E-state index is 11.7. The third-order valence-corrected chi connectivity index (χ3v) is 9.68. The predicted molar refractivity (Wildman–Crippen MR) is 129 cm³/mol. The summed E-state index contributed by atoms with van der Waals surface area (Å²) < 4.78 is 10.7. The molecule has 9 atom stereocenters. The Morgan fingerprint density at radius 3 is 2.72 bits per heavy atom. The zero-order chi connectivity index (χ0) is 23.3. The third-order valence-electron chi connectivity index (χ3n) is 9.68. The first kappa shape index (κ1) is 25.6. The van der Waals surface area contributed by atoms with E-state index < -0.39 is 0 Å². The lowest BCUT2D eigenvalue weighted by Gasteiger charge is -2.54. The third kappa shape index (κ3) is 5.54. The van der Waals surface area contributed by atoms with Crippen molar-refractivity contribution >= 4 is 5.97 Å². The van der Waals surface area contributed by atoms with Crippen molar-refractivity contribution in [2.24, 2.45) is 40.9 Å². The fourth-order valence-corrected chi connectivity index (χ4v) is 8.15. The van der Waals surface area contributed by atoms with Gasteiger partial charge in [-0.15, -0.1) is 0 Å². The van der Waals surface area contributed by atoms with Gasteiger partial charge in [0.1, 0.15) is 0 Å². The fraction of sp³-hybridized carbons (Fsp3) is 0.893. The number of aliphatic hydroxyl groups is 1. The molecule has 3 rings (SSSR count). The predicted octanol–water partition coefficient (Wildman–Crippen LogP) is 6.51. The van der Waals surface area contributed by atoms with E-state index in [-0.39, 0.29) is 18.2 Å². The molecule has 0 aliphatic heterocycles. The Hall–Kier alpha value is -1.03. The van der Waals surface area contributed by atoms with Crippen LogP contribution in [0.2, 0.25) is 0 Å². The summed E-state index contributed by atoms with van der Waals surface area (Å²) in [4.78, 5) is 11.7. The SMILES string of the molecule is C=CO[C@@H](CCCC)CC1C[C@@H]2CC[C@@]3(C)[C@H](CC[C@@H]3[C@H](C)CCC(=O)OC)C2[C@@H](O)C1. The highest BCUT2D eigenvalue weighted by atomic mass is 16.5. The van der Waals surface area contributed by atoms with Crippen LogP contribution in [0.4, 0.5) is 0 Å². The number of carbonyl (C=O) groups is 1. The van der Waals surface area contributed by atoms with E-state index in [4.69, 9.17) is 9.47 Å². The molecule has 4 nitrogen and oxygen atoms in total. The number of ether oxygens (including phenoxy) is 2. The van der Waals surface area contributed by atoms with Gasteiger partial charge in [0.15, 0.2) is 0 Å².